The van der Waals surface area contributed by atoms with Gasteiger partial charge in [0.25, 0.3) is 0 Å². The van der Waals surface area contributed by atoms with Gasteiger partial charge in [-0.3, -0.25) is 4.68 Å². The van der Waals surface area contributed by atoms with Crippen LogP contribution in [0, 0.1) is 0 Å². The van der Waals surface area contributed by atoms with Gasteiger partial charge < -0.3 is 5.73 Å². The second-order valence-corrected chi connectivity index (χ2v) is 5.78. The number of hydrogen-bond donors (Lipinski definition) is 1. The maximum absolute atomic E-state index is 6.49. The third kappa shape index (κ3) is 2.46. The molecule has 0 saturated heterocycles. The molecule has 4 heteroatoms. The Morgan fingerprint density at radius 1 is 1.33 bits per heavy atom. The lowest BCUT2D eigenvalue weighted by Gasteiger charge is -2.04. The summed E-state index contributed by atoms with van der Waals surface area (Å²) < 4.78 is 1.99. The summed E-state index contributed by atoms with van der Waals surface area (Å²) in [6.45, 7) is 5.00. The van der Waals surface area contributed by atoms with Gasteiger partial charge in [-0.05, 0) is 61.1 Å². The molecule has 0 bridgehead atoms. The lowest BCUT2D eigenvalue weighted by atomic mass is 10.1. The topological polar surface area (TPSA) is 43.8 Å². The molecule has 21 heavy (non-hydrogen) atoms. The first-order valence-electron chi connectivity index (χ1n) is 7.48. The van der Waals surface area contributed by atoms with Gasteiger partial charge in [-0.1, -0.05) is 24.6 Å². The molecule has 2 aromatic rings. The van der Waals surface area contributed by atoms with Gasteiger partial charge in [0.15, 0.2) is 0 Å². The molecule has 3 rings (SSSR count). The van der Waals surface area contributed by atoms with Gasteiger partial charge in [0.1, 0.15) is 0 Å². The van der Waals surface area contributed by atoms with Crippen molar-refractivity contribution in [3.05, 3.63) is 45.7 Å². The van der Waals surface area contributed by atoms with Crippen LogP contribution in [-0.2, 0) is 19.4 Å². The highest BCUT2D eigenvalue weighted by Crippen LogP contribution is 2.36. The average Bonchev–Trinajstić information content (AvgIpc) is 3.01. The van der Waals surface area contributed by atoms with Crippen LogP contribution >= 0.6 is 11.6 Å². The van der Waals surface area contributed by atoms with Crippen LogP contribution in [0.2, 0.25) is 5.02 Å². The molecule has 0 amide bonds. The highest BCUT2D eigenvalue weighted by molar-refractivity contribution is 6.32. The quantitative estimate of drug-likeness (QED) is 0.864. The van der Waals surface area contributed by atoms with Crippen molar-refractivity contribution in [3.8, 4) is 0 Å². The van der Waals surface area contributed by atoms with Gasteiger partial charge in [0, 0.05) is 12.2 Å². The largest absolute Gasteiger partial charge is 0.399 e. The van der Waals surface area contributed by atoms with E-state index in [0.717, 1.165) is 47.9 Å². The number of nitrogens with two attached hydrogens (primary N) is 1. The molecule has 1 aromatic carbocycles. The maximum Gasteiger partial charge on any atom is 0.0891 e. The van der Waals surface area contributed by atoms with Crippen LogP contribution in [-0.4, -0.2) is 9.78 Å². The van der Waals surface area contributed by atoms with Crippen LogP contribution in [0.3, 0.4) is 0 Å². The fourth-order valence-corrected chi connectivity index (χ4v) is 3.29. The molecular formula is C17H20ClN3. The first-order chi connectivity index (χ1) is 10.1. The summed E-state index contributed by atoms with van der Waals surface area (Å²) in [6.07, 6.45) is 5.13. The Kier molecular flexibility index (Phi) is 3.77. The van der Waals surface area contributed by atoms with Crippen molar-refractivity contribution in [2.75, 3.05) is 5.73 Å². The normalized spacial score (nSPS) is 15.7. The van der Waals surface area contributed by atoms with Crippen molar-refractivity contribution in [2.24, 2.45) is 0 Å². The fourth-order valence-electron chi connectivity index (χ4n) is 2.96. The first kappa shape index (κ1) is 14.2. The summed E-state index contributed by atoms with van der Waals surface area (Å²) in [7, 11) is 0. The standard InChI is InChI=1S/C17H20ClN3/c1-3-15-17(18)16(21(4-2)20-15)10-12-6-5-11-9-13(19)7-8-14(11)12/h7-10H,3-6,19H2,1-2H3. The molecular weight excluding hydrogens is 282 g/mol. The molecule has 1 aromatic heterocycles. The Morgan fingerprint density at radius 3 is 2.86 bits per heavy atom. The Hall–Kier alpha value is -1.74. The van der Waals surface area contributed by atoms with Crippen LogP contribution in [0.5, 0.6) is 0 Å². The van der Waals surface area contributed by atoms with Gasteiger partial charge in [-0.2, -0.15) is 5.10 Å². The van der Waals surface area contributed by atoms with Crippen molar-refractivity contribution >= 4 is 28.9 Å². The van der Waals surface area contributed by atoms with E-state index in [0.29, 0.717) is 0 Å². The molecule has 0 radical (unpaired) electrons. The number of benzene rings is 1. The van der Waals surface area contributed by atoms with Crippen LogP contribution in [0.25, 0.3) is 11.6 Å². The number of rotatable bonds is 3. The number of nitrogens with zero attached hydrogens (tertiary/aromatic N) is 2. The molecule has 0 saturated carbocycles. The minimum Gasteiger partial charge on any atom is -0.399 e. The fraction of sp³-hybridized carbons (Fsp3) is 0.353. The van der Waals surface area contributed by atoms with E-state index in [9.17, 15) is 0 Å². The number of allylic oxidation sites excluding steroid dienone is 1. The van der Waals surface area contributed by atoms with Crippen LogP contribution in [0.4, 0.5) is 5.69 Å². The number of anilines is 1. The second kappa shape index (κ2) is 5.57. The number of aryl methyl sites for hydroxylation is 3. The van der Waals surface area contributed by atoms with Crippen molar-refractivity contribution in [3.63, 3.8) is 0 Å². The zero-order valence-corrected chi connectivity index (χ0v) is 13.2. The van der Waals surface area contributed by atoms with Crippen molar-refractivity contribution in [1.29, 1.82) is 0 Å². The average molecular weight is 302 g/mol. The van der Waals surface area contributed by atoms with E-state index in [1.807, 2.05) is 10.7 Å². The third-order valence-electron chi connectivity index (χ3n) is 4.08. The summed E-state index contributed by atoms with van der Waals surface area (Å²) in [5, 5.41) is 5.37. The van der Waals surface area contributed by atoms with E-state index >= 15 is 0 Å². The zero-order chi connectivity index (χ0) is 15.0. The number of nitrogen functional groups attached to an aromatic ring is 1. The summed E-state index contributed by atoms with van der Waals surface area (Å²) in [5.74, 6) is 0. The van der Waals surface area contributed by atoms with Gasteiger partial charge in [-0.25, -0.2) is 0 Å². The molecule has 0 atom stereocenters. The third-order valence-corrected chi connectivity index (χ3v) is 4.49. The smallest absolute Gasteiger partial charge is 0.0891 e. The minimum atomic E-state index is 0.788. The monoisotopic (exact) mass is 301 g/mol. The Labute approximate surface area is 130 Å². The van der Waals surface area contributed by atoms with Gasteiger partial charge in [-0.15, -0.1) is 0 Å². The molecule has 1 aliphatic carbocycles. The number of aromatic nitrogens is 2. The lowest BCUT2D eigenvalue weighted by molar-refractivity contribution is 0.643. The van der Waals surface area contributed by atoms with Crippen LogP contribution in [0.15, 0.2) is 18.2 Å². The predicted molar refractivity (Wildman–Crippen MR) is 89.3 cm³/mol. The highest BCUT2D eigenvalue weighted by atomic mass is 35.5. The molecule has 2 N–H and O–H groups in total. The molecule has 0 fully saturated rings. The van der Waals surface area contributed by atoms with E-state index in [1.54, 1.807) is 0 Å². The van der Waals surface area contributed by atoms with E-state index in [2.05, 4.69) is 37.2 Å². The summed E-state index contributed by atoms with van der Waals surface area (Å²) in [4.78, 5) is 0. The number of fused-ring (bicyclic) bond motifs is 1. The Bertz CT molecular complexity index is 713. The Morgan fingerprint density at radius 2 is 2.14 bits per heavy atom. The first-order valence-corrected chi connectivity index (χ1v) is 7.86. The predicted octanol–water partition coefficient (Wildman–Crippen LogP) is 4.19. The van der Waals surface area contributed by atoms with E-state index < -0.39 is 0 Å². The number of halogens is 1. The molecule has 1 heterocycles. The summed E-state index contributed by atoms with van der Waals surface area (Å²) in [6, 6.07) is 6.16. The summed E-state index contributed by atoms with van der Waals surface area (Å²) in [5.41, 5.74) is 12.6. The second-order valence-electron chi connectivity index (χ2n) is 5.40. The molecule has 3 nitrogen and oxygen atoms in total. The van der Waals surface area contributed by atoms with Gasteiger partial charge in [0.05, 0.1) is 16.4 Å². The van der Waals surface area contributed by atoms with Crippen LogP contribution < -0.4 is 5.73 Å². The SMILES string of the molecule is CCc1nn(CC)c(C=C2CCc3cc(N)ccc32)c1Cl. The maximum atomic E-state index is 6.49. The van der Waals surface area contributed by atoms with Crippen LogP contribution in [0.1, 0.15) is 42.8 Å². The molecule has 110 valence electrons. The Balaban J connectivity index is 2.07. The van der Waals surface area contributed by atoms with Crippen molar-refractivity contribution in [1.82, 2.24) is 9.78 Å². The lowest BCUT2D eigenvalue weighted by Crippen LogP contribution is -1.99. The zero-order valence-electron chi connectivity index (χ0n) is 12.5. The van der Waals surface area contributed by atoms with Gasteiger partial charge >= 0.3 is 0 Å². The van der Waals surface area contributed by atoms with Crippen molar-refractivity contribution in [2.45, 2.75) is 39.7 Å². The minimum absolute atomic E-state index is 0.788. The molecule has 0 aliphatic heterocycles. The highest BCUT2D eigenvalue weighted by Gasteiger charge is 2.19. The van der Waals surface area contributed by atoms with E-state index in [-0.39, 0.29) is 0 Å². The molecule has 1 aliphatic rings. The molecule has 0 unspecified atom stereocenters. The van der Waals surface area contributed by atoms with Gasteiger partial charge in [0.2, 0.25) is 0 Å². The van der Waals surface area contributed by atoms with E-state index in [4.69, 9.17) is 17.3 Å². The van der Waals surface area contributed by atoms with Crippen molar-refractivity contribution < 1.29 is 0 Å². The molecule has 0 spiro atoms. The summed E-state index contributed by atoms with van der Waals surface area (Å²) >= 11 is 6.49. The number of hydrogen-bond acceptors (Lipinski definition) is 2. The van der Waals surface area contributed by atoms with E-state index in [1.165, 1.54) is 16.7 Å².